The van der Waals surface area contributed by atoms with Gasteiger partial charge >= 0.3 is 0 Å². The molecule has 0 aliphatic carbocycles. The van der Waals surface area contributed by atoms with Crippen LogP contribution in [0.25, 0.3) is 0 Å². The molecule has 1 aromatic heterocycles. The Hall–Kier alpha value is -0.450. The SMILES string of the molecule is CCCC(C)N1CCC(CN(C)Cc2scnc2C)C1. The van der Waals surface area contributed by atoms with Gasteiger partial charge in [0, 0.05) is 30.6 Å². The summed E-state index contributed by atoms with van der Waals surface area (Å²) in [6, 6.07) is 0.763. The molecular formula is C16H29N3S. The third-order valence-electron chi connectivity index (χ3n) is 4.48. The van der Waals surface area contributed by atoms with E-state index in [9.17, 15) is 0 Å². The highest BCUT2D eigenvalue weighted by atomic mass is 32.1. The number of hydrogen-bond acceptors (Lipinski definition) is 4. The quantitative estimate of drug-likeness (QED) is 0.768. The zero-order valence-corrected chi connectivity index (χ0v) is 14.2. The van der Waals surface area contributed by atoms with Gasteiger partial charge in [0.1, 0.15) is 0 Å². The fraction of sp³-hybridized carbons (Fsp3) is 0.812. The predicted molar refractivity (Wildman–Crippen MR) is 87.2 cm³/mol. The van der Waals surface area contributed by atoms with E-state index >= 15 is 0 Å². The molecule has 2 atom stereocenters. The lowest BCUT2D eigenvalue weighted by molar-refractivity contribution is 0.218. The molecule has 1 fully saturated rings. The van der Waals surface area contributed by atoms with Crippen LogP contribution in [0.5, 0.6) is 0 Å². The molecule has 0 amide bonds. The lowest BCUT2D eigenvalue weighted by Crippen LogP contribution is -2.32. The average molecular weight is 295 g/mol. The lowest BCUT2D eigenvalue weighted by atomic mass is 10.1. The Morgan fingerprint density at radius 3 is 3.00 bits per heavy atom. The zero-order valence-electron chi connectivity index (χ0n) is 13.4. The minimum atomic E-state index is 0.763. The Morgan fingerprint density at radius 1 is 1.55 bits per heavy atom. The first-order chi connectivity index (χ1) is 9.60. The first kappa shape index (κ1) is 15.9. The van der Waals surface area contributed by atoms with Crippen LogP contribution in [-0.4, -0.2) is 47.5 Å². The van der Waals surface area contributed by atoms with Gasteiger partial charge in [-0.3, -0.25) is 0 Å². The van der Waals surface area contributed by atoms with E-state index in [4.69, 9.17) is 0 Å². The molecule has 1 aromatic rings. The summed E-state index contributed by atoms with van der Waals surface area (Å²) in [4.78, 5) is 10.9. The van der Waals surface area contributed by atoms with Gasteiger partial charge in [-0.1, -0.05) is 13.3 Å². The van der Waals surface area contributed by atoms with Gasteiger partial charge in [-0.05, 0) is 46.2 Å². The van der Waals surface area contributed by atoms with E-state index in [0.717, 1.165) is 18.5 Å². The van der Waals surface area contributed by atoms with Crippen molar-refractivity contribution in [3.05, 3.63) is 16.1 Å². The van der Waals surface area contributed by atoms with E-state index in [0.29, 0.717) is 0 Å². The number of thiazole rings is 1. The number of hydrogen-bond donors (Lipinski definition) is 0. The first-order valence-electron chi connectivity index (χ1n) is 7.91. The summed E-state index contributed by atoms with van der Waals surface area (Å²) >= 11 is 1.78. The van der Waals surface area contributed by atoms with Crippen LogP contribution in [0.1, 0.15) is 43.7 Å². The normalized spacial score (nSPS) is 21.8. The Labute approximate surface area is 128 Å². The summed E-state index contributed by atoms with van der Waals surface area (Å²) in [7, 11) is 2.25. The zero-order chi connectivity index (χ0) is 14.5. The summed E-state index contributed by atoms with van der Waals surface area (Å²) in [6.45, 7) is 11.6. The molecular weight excluding hydrogens is 266 g/mol. The Morgan fingerprint density at radius 2 is 2.35 bits per heavy atom. The van der Waals surface area contributed by atoms with Crippen molar-refractivity contribution >= 4 is 11.3 Å². The number of nitrogens with zero attached hydrogens (tertiary/aromatic N) is 3. The number of rotatable bonds is 7. The third-order valence-corrected chi connectivity index (χ3v) is 5.40. The number of likely N-dealkylation sites (tertiary alicyclic amines) is 1. The number of aromatic nitrogens is 1. The molecule has 2 heterocycles. The van der Waals surface area contributed by atoms with Crippen LogP contribution in [0.15, 0.2) is 5.51 Å². The standard InChI is InChI=1S/C16H29N3S/c1-5-6-13(2)19-8-7-15(10-19)9-18(4)11-16-14(3)17-12-20-16/h12-13,15H,5-11H2,1-4H3. The molecule has 1 saturated heterocycles. The van der Waals surface area contributed by atoms with E-state index in [1.807, 2.05) is 5.51 Å². The Bertz CT molecular complexity index is 404. The smallest absolute Gasteiger partial charge is 0.0798 e. The van der Waals surface area contributed by atoms with Gasteiger partial charge in [0.25, 0.3) is 0 Å². The van der Waals surface area contributed by atoms with Gasteiger partial charge in [0.05, 0.1) is 11.2 Å². The van der Waals surface area contributed by atoms with Crippen molar-refractivity contribution in [2.45, 2.75) is 52.6 Å². The second-order valence-corrected chi connectivity index (χ2v) is 7.28. The topological polar surface area (TPSA) is 19.4 Å². The van der Waals surface area contributed by atoms with Gasteiger partial charge in [0.2, 0.25) is 0 Å². The lowest BCUT2D eigenvalue weighted by Gasteiger charge is -2.25. The van der Waals surface area contributed by atoms with E-state index < -0.39 is 0 Å². The minimum absolute atomic E-state index is 0.763. The van der Waals surface area contributed by atoms with E-state index in [1.54, 1.807) is 11.3 Å². The van der Waals surface area contributed by atoms with Crippen molar-refractivity contribution in [1.29, 1.82) is 0 Å². The predicted octanol–water partition coefficient (Wildman–Crippen LogP) is 3.39. The molecule has 1 aliphatic rings. The van der Waals surface area contributed by atoms with Crippen LogP contribution in [0.2, 0.25) is 0 Å². The number of aryl methyl sites for hydroxylation is 1. The van der Waals surface area contributed by atoms with E-state index in [-0.39, 0.29) is 0 Å². The highest BCUT2D eigenvalue weighted by molar-refractivity contribution is 7.09. The highest BCUT2D eigenvalue weighted by Gasteiger charge is 2.26. The Kier molecular flexibility index (Phi) is 6.00. The van der Waals surface area contributed by atoms with Crippen LogP contribution in [0, 0.1) is 12.8 Å². The molecule has 114 valence electrons. The molecule has 0 spiro atoms. The summed E-state index contributed by atoms with van der Waals surface area (Å²) in [6.07, 6.45) is 4.00. The van der Waals surface area contributed by atoms with E-state index in [2.05, 4.69) is 42.6 Å². The van der Waals surface area contributed by atoms with Gasteiger partial charge in [-0.15, -0.1) is 11.3 Å². The van der Waals surface area contributed by atoms with Crippen molar-refractivity contribution in [2.24, 2.45) is 5.92 Å². The third kappa shape index (κ3) is 4.27. The van der Waals surface area contributed by atoms with Crippen LogP contribution in [0.3, 0.4) is 0 Å². The molecule has 2 unspecified atom stereocenters. The van der Waals surface area contributed by atoms with Crippen molar-refractivity contribution in [3.63, 3.8) is 0 Å². The molecule has 0 bridgehead atoms. The molecule has 0 radical (unpaired) electrons. The average Bonchev–Trinajstić information content (AvgIpc) is 3.00. The first-order valence-corrected chi connectivity index (χ1v) is 8.79. The molecule has 0 saturated carbocycles. The van der Waals surface area contributed by atoms with Crippen LogP contribution >= 0.6 is 11.3 Å². The summed E-state index contributed by atoms with van der Waals surface area (Å²) in [5.74, 6) is 0.840. The minimum Gasteiger partial charge on any atom is -0.301 e. The second-order valence-electron chi connectivity index (χ2n) is 6.35. The monoisotopic (exact) mass is 295 g/mol. The maximum absolute atomic E-state index is 4.34. The van der Waals surface area contributed by atoms with Crippen LogP contribution in [-0.2, 0) is 6.54 Å². The molecule has 1 aliphatic heterocycles. The fourth-order valence-electron chi connectivity index (χ4n) is 3.24. The van der Waals surface area contributed by atoms with Crippen LogP contribution in [0.4, 0.5) is 0 Å². The summed E-state index contributed by atoms with van der Waals surface area (Å²) < 4.78 is 0. The molecule has 3 nitrogen and oxygen atoms in total. The fourth-order valence-corrected chi connectivity index (χ4v) is 4.10. The second kappa shape index (κ2) is 7.53. The van der Waals surface area contributed by atoms with Gasteiger partial charge in [-0.25, -0.2) is 4.98 Å². The molecule has 2 rings (SSSR count). The summed E-state index contributed by atoms with van der Waals surface area (Å²) in [5, 5.41) is 0. The molecule has 4 heteroatoms. The van der Waals surface area contributed by atoms with Gasteiger partial charge in [-0.2, -0.15) is 0 Å². The molecule has 0 aromatic carbocycles. The maximum atomic E-state index is 4.34. The van der Waals surface area contributed by atoms with Gasteiger partial charge in [0.15, 0.2) is 0 Å². The van der Waals surface area contributed by atoms with Crippen molar-refractivity contribution in [2.75, 3.05) is 26.7 Å². The van der Waals surface area contributed by atoms with Gasteiger partial charge < -0.3 is 9.80 Å². The largest absolute Gasteiger partial charge is 0.301 e. The Balaban J connectivity index is 1.76. The molecule has 20 heavy (non-hydrogen) atoms. The van der Waals surface area contributed by atoms with E-state index in [1.165, 1.54) is 49.5 Å². The van der Waals surface area contributed by atoms with Crippen LogP contribution < -0.4 is 0 Å². The van der Waals surface area contributed by atoms with Crippen molar-refractivity contribution < 1.29 is 0 Å². The molecule has 0 N–H and O–H groups in total. The van der Waals surface area contributed by atoms with Crippen molar-refractivity contribution in [1.82, 2.24) is 14.8 Å². The summed E-state index contributed by atoms with van der Waals surface area (Å²) in [5.41, 5.74) is 3.16. The maximum Gasteiger partial charge on any atom is 0.0798 e. The highest BCUT2D eigenvalue weighted by Crippen LogP contribution is 2.22. The van der Waals surface area contributed by atoms with Crippen molar-refractivity contribution in [3.8, 4) is 0 Å².